The Labute approximate surface area is 145 Å². The zero-order valence-electron chi connectivity index (χ0n) is 15.2. The van der Waals surface area contributed by atoms with Gasteiger partial charge in [-0.1, -0.05) is 30.3 Å². The van der Waals surface area contributed by atoms with Crippen LogP contribution in [0.2, 0.25) is 0 Å². The molecular formula is C20H30N2O2. The zero-order chi connectivity index (χ0) is 17.2. The van der Waals surface area contributed by atoms with Gasteiger partial charge in [0.1, 0.15) is 5.60 Å². The Morgan fingerprint density at radius 3 is 2.58 bits per heavy atom. The molecule has 4 nitrogen and oxygen atoms in total. The zero-order valence-corrected chi connectivity index (χ0v) is 15.2. The van der Waals surface area contributed by atoms with E-state index in [2.05, 4.69) is 34.5 Å². The standard InChI is InChI=1S/C20H30N2O2/c1-19(2,3)24-18(23)21-17(14-16-8-5-4-6-9-16)15-22-13-7-10-20(22)11-12-20/h4-6,8-9,17H,7,10-15H2,1-3H3,(H,21,23)/t17-/m1/s1. The molecule has 1 saturated heterocycles. The molecule has 0 aromatic heterocycles. The van der Waals surface area contributed by atoms with Crippen molar-refractivity contribution in [3.05, 3.63) is 35.9 Å². The third-order valence-corrected chi connectivity index (χ3v) is 5.05. The van der Waals surface area contributed by atoms with Crippen LogP contribution in [-0.4, -0.2) is 41.3 Å². The molecule has 3 rings (SSSR count). The number of hydrogen-bond donors (Lipinski definition) is 1. The van der Waals surface area contributed by atoms with E-state index >= 15 is 0 Å². The highest BCUT2D eigenvalue weighted by Gasteiger charge is 2.50. The van der Waals surface area contributed by atoms with Crippen molar-refractivity contribution in [2.75, 3.05) is 13.1 Å². The first-order chi connectivity index (χ1) is 11.4. The fourth-order valence-corrected chi connectivity index (χ4v) is 3.79. The molecule has 24 heavy (non-hydrogen) atoms. The number of amides is 1. The number of ether oxygens (including phenoxy) is 1. The third kappa shape index (κ3) is 4.50. The molecule has 1 N–H and O–H groups in total. The van der Waals surface area contributed by atoms with Crippen molar-refractivity contribution in [2.45, 2.75) is 70.1 Å². The molecular weight excluding hydrogens is 300 g/mol. The van der Waals surface area contributed by atoms with E-state index in [9.17, 15) is 4.79 Å². The molecule has 0 radical (unpaired) electrons. The summed E-state index contributed by atoms with van der Waals surface area (Å²) >= 11 is 0. The van der Waals surface area contributed by atoms with E-state index in [4.69, 9.17) is 4.74 Å². The lowest BCUT2D eigenvalue weighted by Gasteiger charge is -2.30. The van der Waals surface area contributed by atoms with Crippen LogP contribution in [0.4, 0.5) is 4.79 Å². The summed E-state index contributed by atoms with van der Waals surface area (Å²) in [6, 6.07) is 10.5. The minimum absolute atomic E-state index is 0.0813. The highest BCUT2D eigenvalue weighted by atomic mass is 16.6. The van der Waals surface area contributed by atoms with Gasteiger partial charge in [0.25, 0.3) is 0 Å². The topological polar surface area (TPSA) is 41.6 Å². The maximum absolute atomic E-state index is 12.3. The van der Waals surface area contributed by atoms with Crippen molar-refractivity contribution < 1.29 is 9.53 Å². The largest absolute Gasteiger partial charge is 0.444 e. The van der Waals surface area contributed by atoms with Crippen LogP contribution in [0, 0.1) is 0 Å². The first-order valence-corrected chi connectivity index (χ1v) is 9.15. The summed E-state index contributed by atoms with van der Waals surface area (Å²) in [7, 11) is 0. The Morgan fingerprint density at radius 1 is 1.25 bits per heavy atom. The smallest absolute Gasteiger partial charge is 0.407 e. The van der Waals surface area contributed by atoms with Gasteiger partial charge in [0, 0.05) is 18.1 Å². The van der Waals surface area contributed by atoms with Gasteiger partial charge in [-0.15, -0.1) is 0 Å². The van der Waals surface area contributed by atoms with Crippen molar-refractivity contribution in [3.8, 4) is 0 Å². The first-order valence-electron chi connectivity index (χ1n) is 9.15. The number of rotatable bonds is 5. The number of nitrogens with zero attached hydrogens (tertiary/aromatic N) is 1. The van der Waals surface area contributed by atoms with Crippen molar-refractivity contribution in [2.24, 2.45) is 0 Å². The van der Waals surface area contributed by atoms with Crippen LogP contribution in [0.3, 0.4) is 0 Å². The van der Waals surface area contributed by atoms with Gasteiger partial charge >= 0.3 is 6.09 Å². The number of benzene rings is 1. The monoisotopic (exact) mass is 330 g/mol. The van der Waals surface area contributed by atoms with Gasteiger partial charge in [0.2, 0.25) is 0 Å². The van der Waals surface area contributed by atoms with Crippen LogP contribution in [0.15, 0.2) is 30.3 Å². The molecule has 0 unspecified atom stereocenters. The average Bonchev–Trinajstić information content (AvgIpc) is 3.15. The lowest BCUT2D eigenvalue weighted by Crippen LogP contribution is -2.48. The lowest BCUT2D eigenvalue weighted by atomic mass is 10.0. The fourth-order valence-electron chi connectivity index (χ4n) is 3.79. The molecule has 4 heteroatoms. The predicted molar refractivity (Wildman–Crippen MR) is 96.1 cm³/mol. The second-order valence-electron chi connectivity index (χ2n) is 8.31. The van der Waals surface area contributed by atoms with E-state index in [1.165, 1.54) is 31.2 Å². The lowest BCUT2D eigenvalue weighted by molar-refractivity contribution is 0.0487. The van der Waals surface area contributed by atoms with Crippen LogP contribution < -0.4 is 5.32 Å². The van der Waals surface area contributed by atoms with E-state index in [-0.39, 0.29) is 12.1 Å². The Hall–Kier alpha value is -1.55. The second kappa shape index (κ2) is 6.75. The van der Waals surface area contributed by atoms with Gasteiger partial charge in [0.05, 0.1) is 0 Å². The molecule has 0 bridgehead atoms. The van der Waals surface area contributed by atoms with Crippen LogP contribution in [-0.2, 0) is 11.2 Å². The Morgan fingerprint density at radius 2 is 1.96 bits per heavy atom. The number of carbonyl (C=O) groups is 1. The van der Waals surface area contributed by atoms with Crippen molar-refractivity contribution in [1.82, 2.24) is 10.2 Å². The summed E-state index contributed by atoms with van der Waals surface area (Å²) in [5.74, 6) is 0. The quantitative estimate of drug-likeness (QED) is 0.894. The van der Waals surface area contributed by atoms with Crippen molar-refractivity contribution >= 4 is 6.09 Å². The van der Waals surface area contributed by atoms with Gasteiger partial charge in [-0.3, -0.25) is 4.90 Å². The minimum atomic E-state index is -0.466. The Kier molecular flexibility index (Phi) is 4.86. The second-order valence-corrected chi connectivity index (χ2v) is 8.31. The number of alkyl carbamates (subject to hydrolysis) is 1. The van der Waals surface area contributed by atoms with E-state index < -0.39 is 5.60 Å². The molecule has 1 aliphatic heterocycles. The van der Waals surface area contributed by atoms with Crippen LogP contribution in [0.25, 0.3) is 0 Å². The van der Waals surface area contributed by atoms with Gasteiger partial charge < -0.3 is 10.1 Å². The molecule has 1 amide bonds. The molecule has 132 valence electrons. The Balaban J connectivity index is 1.65. The van der Waals surface area contributed by atoms with E-state index in [0.717, 1.165) is 19.5 Å². The fraction of sp³-hybridized carbons (Fsp3) is 0.650. The molecule has 1 spiro atoms. The number of nitrogens with one attached hydrogen (secondary N) is 1. The SMILES string of the molecule is CC(C)(C)OC(=O)N[C@H](Cc1ccccc1)CN1CCCC12CC2. The molecule has 2 fully saturated rings. The summed E-state index contributed by atoms with van der Waals surface area (Å²) in [6.45, 7) is 7.77. The molecule has 1 aromatic carbocycles. The average molecular weight is 330 g/mol. The molecule has 1 saturated carbocycles. The Bertz CT molecular complexity index is 561. The highest BCUT2D eigenvalue weighted by Crippen LogP contribution is 2.49. The van der Waals surface area contributed by atoms with Gasteiger partial charge in [0.15, 0.2) is 0 Å². The summed E-state index contributed by atoms with van der Waals surface area (Å²) in [5, 5.41) is 3.11. The van der Waals surface area contributed by atoms with Gasteiger partial charge in [-0.05, 0) is 65.0 Å². The van der Waals surface area contributed by atoms with Crippen LogP contribution in [0.1, 0.15) is 52.0 Å². The molecule has 1 heterocycles. The van der Waals surface area contributed by atoms with E-state index in [1.54, 1.807) is 0 Å². The number of carbonyl (C=O) groups excluding carboxylic acids is 1. The normalized spacial score (nSPS) is 20.8. The summed E-state index contributed by atoms with van der Waals surface area (Å²) in [6.07, 6.45) is 5.76. The van der Waals surface area contributed by atoms with Gasteiger partial charge in [-0.25, -0.2) is 4.79 Å². The number of likely N-dealkylation sites (tertiary alicyclic amines) is 1. The van der Waals surface area contributed by atoms with Gasteiger partial charge in [-0.2, -0.15) is 0 Å². The summed E-state index contributed by atoms with van der Waals surface area (Å²) in [5.41, 5.74) is 1.24. The maximum Gasteiger partial charge on any atom is 0.407 e. The highest BCUT2D eigenvalue weighted by molar-refractivity contribution is 5.68. The first kappa shape index (κ1) is 17.3. The van der Waals surface area contributed by atoms with Crippen molar-refractivity contribution in [3.63, 3.8) is 0 Å². The molecule has 1 aromatic rings. The number of hydrogen-bond acceptors (Lipinski definition) is 3. The van der Waals surface area contributed by atoms with E-state index in [1.807, 2.05) is 26.8 Å². The summed E-state index contributed by atoms with van der Waals surface area (Å²) < 4.78 is 5.47. The maximum atomic E-state index is 12.3. The van der Waals surface area contributed by atoms with Crippen molar-refractivity contribution in [1.29, 1.82) is 0 Å². The van der Waals surface area contributed by atoms with E-state index in [0.29, 0.717) is 5.54 Å². The van der Waals surface area contributed by atoms with Crippen LogP contribution >= 0.6 is 0 Å². The molecule has 2 aliphatic rings. The van der Waals surface area contributed by atoms with Crippen LogP contribution in [0.5, 0.6) is 0 Å². The molecule has 1 aliphatic carbocycles. The summed E-state index contributed by atoms with van der Waals surface area (Å²) in [4.78, 5) is 14.9. The minimum Gasteiger partial charge on any atom is -0.444 e. The molecule has 1 atom stereocenters. The predicted octanol–water partition coefficient (Wildman–Crippen LogP) is 3.75. The third-order valence-electron chi connectivity index (χ3n) is 5.05.